The summed E-state index contributed by atoms with van der Waals surface area (Å²) in [5, 5.41) is 3.36. The molecule has 1 heterocycles. The lowest BCUT2D eigenvalue weighted by Gasteiger charge is -2.13. The van der Waals surface area contributed by atoms with E-state index in [0.717, 1.165) is 21.8 Å². The Bertz CT molecular complexity index is 1290. The van der Waals surface area contributed by atoms with Crippen LogP contribution in [0.1, 0.15) is 21.5 Å². The lowest BCUT2D eigenvalue weighted by atomic mass is 10.2. The van der Waals surface area contributed by atoms with Crippen molar-refractivity contribution in [3.8, 4) is 11.5 Å². The van der Waals surface area contributed by atoms with Gasteiger partial charge in [0, 0.05) is 15.1 Å². The van der Waals surface area contributed by atoms with Crippen LogP contribution in [0.2, 0.25) is 5.02 Å². The van der Waals surface area contributed by atoms with Crippen LogP contribution in [0.15, 0.2) is 81.1 Å². The second-order valence-corrected chi connectivity index (χ2v) is 9.41. The second-order valence-electron chi connectivity index (χ2n) is 7.09. The van der Waals surface area contributed by atoms with Crippen LogP contribution in [-0.4, -0.2) is 24.1 Å². The van der Waals surface area contributed by atoms with Crippen LogP contribution in [0.4, 0.5) is 0 Å². The van der Waals surface area contributed by atoms with E-state index in [2.05, 4.69) is 26.2 Å². The smallest absolute Gasteiger partial charge is 0.279 e. The van der Waals surface area contributed by atoms with Gasteiger partial charge in [0.2, 0.25) is 0 Å². The average Bonchev–Trinajstić information content (AvgIpc) is 3.18. The van der Waals surface area contributed by atoms with E-state index in [1.165, 1.54) is 0 Å². The molecule has 1 saturated heterocycles. The standard InChI is InChI=1S/C25H18BrClN2O4S/c1-32-20-11-17(19(26)13-21(20)33-14-15-5-3-2-4-6-15)12-22-24(31)29-25(34-22)28-23(30)16-7-9-18(27)10-8-16/h2-13H,14H2,1H3,(H,28,29,30,31)/b22-12-. The lowest BCUT2D eigenvalue weighted by Crippen LogP contribution is -2.20. The number of hydrogen-bond donors (Lipinski definition) is 1. The second kappa shape index (κ2) is 10.9. The van der Waals surface area contributed by atoms with E-state index in [0.29, 0.717) is 39.2 Å². The third-order valence-electron chi connectivity index (χ3n) is 4.75. The quantitative estimate of drug-likeness (QED) is 0.371. The Morgan fingerprint density at radius 1 is 1.12 bits per heavy atom. The number of rotatable bonds is 6. The fraction of sp³-hybridized carbons (Fsp3) is 0.0800. The van der Waals surface area contributed by atoms with Crippen molar-refractivity contribution in [1.82, 2.24) is 5.32 Å². The Kier molecular flexibility index (Phi) is 7.72. The van der Waals surface area contributed by atoms with Gasteiger partial charge in [-0.15, -0.1) is 0 Å². The highest BCUT2D eigenvalue weighted by atomic mass is 79.9. The summed E-state index contributed by atoms with van der Waals surface area (Å²) in [6.45, 7) is 0.393. The molecule has 0 unspecified atom stereocenters. The van der Waals surface area contributed by atoms with Gasteiger partial charge in [0.1, 0.15) is 6.61 Å². The maximum Gasteiger partial charge on any atom is 0.279 e. The fourth-order valence-electron chi connectivity index (χ4n) is 3.04. The van der Waals surface area contributed by atoms with E-state index in [4.69, 9.17) is 21.1 Å². The summed E-state index contributed by atoms with van der Waals surface area (Å²) >= 11 is 10.5. The molecule has 3 aromatic rings. The van der Waals surface area contributed by atoms with Crippen LogP contribution >= 0.6 is 39.3 Å². The third-order valence-corrected chi connectivity index (χ3v) is 6.60. The topological polar surface area (TPSA) is 77.0 Å². The number of aliphatic imine (C=N–C) groups is 1. The molecule has 34 heavy (non-hydrogen) atoms. The first-order valence-electron chi connectivity index (χ1n) is 10.1. The Balaban J connectivity index is 1.52. The molecule has 3 aromatic carbocycles. The summed E-state index contributed by atoms with van der Waals surface area (Å²) in [5.74, 6) is 0.285. The molecule has 6 nitrogen and oxygen atoms in total. The summed E-state index contributed by atoms with van der Waals surface area (Å²) in [5.41, 5.74) is 2.13. The molecule has 1 fully saturated rings. The van der Waals surface area contributed by atoms with Crippen LogP contribution < -0.4 is 14.8 Å². The Morgan fingerprint density at radius 3 is 2.56 bits per heavy atom. The summed E-state index contributed by atoms with van der Waals surface area (Å²) in [6, 6.07) is 19.8. The van der Waals surface area contributed by atoms with Crippen molar-refractivity contribution >= 4 is 62.4 Å². The molecule has 0 aromatic heterocycles. The molecule has 1 aliphatic heterocycles. The molecule has 0 bridgehead atoms. The fourth-order valence-corrected chi connectivity index (χ4v) is 4.41. The van der Waals surface area contributed by atoms with Gasteiger partial charge >= 0.3 is 0 Å². The maximum absolute atomic E-state index is 12.5. The van der Waals surface area contributed by atoms with Crippen LogP contribution in [-0.2, 0) is 11.4 Å². The minimum atomic E-state index is -0.469. The van der Waals surface area contributed by atoms with E-state index < -0.39 is 5.91 Å². The van der Waals surface area contributed by atoms with Gasteiger partial charge in [0.05, 0.1) is 12.0 Å². The van der Waals surface area contributed by atoms with Crippen LogP contribution in [0, 0.1) is 0 Å². The largest absolute Gasteiger partial charge is 0.493 e. The molecule has 0 spiro atoms. The van der Waals surface area contributed by atoms with Gasteiger partial charge in [-0.05, 0) is 65.4 Å². The summed E-state index contributed by atoms with van der Waals surface area (Å²) in [4.78, 5) is 29.2. The Hall–Kier alpha value is -3.07. The number of nitrogens with one attached hydrogen (secondary N) is 1. The van der Waals surface area contributed by atoms with Gasteiger partial charge in [-0.25, -0.2) is 0 Å². The van der Waals surface area contributed by atoms with E-state index in [-0.39, 0.29) is 11.1 Å². The number of halogens is 2. The molecule has 1 aliphatic rings. The van der Waals surface area contributed by atoms with Crippen molar-refractivity contribution in [2.24, 2.45) is 4.99 Å². The summed E-state index contributed by atoms with van der Waals surface area (Å²) < 4.78 is 12.1. The number of methoxy groups -OCH3 is 1. The highest BCUT2D eigenvalue weighted by molar-refractivity contribution is 9.10. The normalized spacial score (nSPS) is 15.4. The molecule has 2 amide bonds. The van der Waals surface area contributed by atoms with Crippen LogP contribution in [0.5, 0.6) is 11.5 Å². The number of thioether (sulfide) groups is 1. The highest BCUT2D eigenvalue weighted by Gasteiger charge is 2.25. The zero-order valence-electron chi connectivity index (χ0n) is 17.9. The lowest BCUT2D eigenvalue weighted by molar-refractivity contribution is -0.115. The van der Waals surface area contributed by atoms with Crippen molar-refractivity contribution in [3.63, 3.8) is 0 Å². The zero-order valence-corrected chi connectivity index (χ0v) is 21.0. The SMILES string of the molecule is COc1cc(/C=C2\SC(=NC(=O)c3ccc(Cl)cc3)NC2=O)c(Br)cc1OCc1ccccc1. The van der Waals surface area contributed by atoms with Gasteiger partial charge in [-0.1, -0.05) is 57.9 Å². The van der Waals surface area contributed by atoms with Crippen molar-refractivity contribution in [3.05, 3.63) is 97.8 Å². The minimum Gasteiger partial charge on any atom is -0.493 e. The van der Waals surface area contributed by atoms with Gasteiger partial charge in [0.15, 0.2) is 16.7 Å². The maximum atomic E-state index is 12.5. The number of hydrogen-bond acceptors (Lipinski definition) is 5. The van der Waals surface area contributed by atoms with E-state index >= 15 is 0 Å². The summed E-state index contributed by atoms with van der Waals surface area (Å²) in [6.07, 6.45) is 1.70. The van der Waals surface area contributed by atoms with Crippen molar-refractivity contribution < 1.29 is 19.1 Å². The monoisotopic (exact) mass is 556 g/mol. The molecule has 0 aliphatic carbocycles. The van der Waals surface area contributed by atoms with Gasteiger partial charge in [-0.2, -0.15) is 4.99 Å². The highest BCUT2D eigenvalue weighted by Crippen LogP contribution is 2.37. The van der Waals surface area contributed by atoms with Crippen molar-refractivity contribution in [2.75, 3.05) is 7.11 Å². The molecule has 0 atom stereocenters. The predicted octanol–water partition coefficient (Wildman–Crippen LogP) is 6.09. The number of ether oxygens (including phenoxy) is 2. The molecule has 172 valence electrons. The number of benzene rings is 3. The number of carbonyl (C=O) groups is 2. The summed E-state index contributed by atoms with van der Waals surface area (Å²) in [7, 11) is 1.56. The van der Waals surface area contributed by atoms with Crippen molar-refractivity contribution in [1.29, 1.82) is 0 Å². The molecule has 9 heteroatoms. The molecule has 0 radical (unpaired) electrons. The number of amides is 2. The van der Waals surface area contributed by atoms with Crippen LogP contribution in [0.3, 0.4) is 0 Å². The molecular weight excluding hydrogens is 540 g/mol. The Morgan fingerprint density at radius 2 is 1.85 bits per heavy atom. The first-order chi connectivity index (χ1) is 16.4. The molecule has 4 rings (SSSR count). The molecule has 1 N–H and O–H groups in total. The Labute approximate surface area is 214 Å². The zero-order chi connectivity index (χ0) is 24.1. The number of carbonyl (C=O) groups excluding carboxylic acids is 2. The predicted molar refractivity (Wildman–Crippen MR) is 138 cm³/mol. The molecule has 0 saturated carbocycles. The van der Waals surface area contributed by atoms with Crippen molar-refractivity contribution in [2.45, 2.75) is 6.61 Å². The van der Waals surface area contributed by atoms with E-state index in [1.807, 2.05) is 30.3 Å². The molecular formula is C25H18BrClN2O4S. The first kappa shape index (κ1) is 24.1. The third kappa shape index (κ3) is 5.88. The van der Waals surface area contributed by atoms with E-state index in [9.17, 15) is 9.59 Å². The van der Waals surface area contributed by atoms with Crippen LogP contribution in [0.25, 0.3) is 6.08 Å². The van der Waals surface area contributed by atoms with Gasteiger partial charge in [0.25, 0.3) is 11.8 Å². The average molecular weight is 558 g/mol. The first-order valence-corrected chi connectivity index (χ1v) is 12.1. The van der Waals surface area contributed by atoms with Gasteiger partial charge < -0.3 is 14.8 Å². The van der Waals surface area contributed by atoms with E-state index in [1.54, 1.807) is 49.6 Å². The number of nitrogens with zero attached hydrogens (tertiary/aromatic N) is 1. The number of amidine groups is 1. The minimum absolute atomic E-state index is 0.210. The van der Waals surface area contributed by atoms with Gasteiger partial charge in [-0.3, -0.25) is 9.59 Å².